The Kier molecular flexibility index (Phi) is 7.18. The summed E-state index contributed by atoms with van der Waals surface area (Å²) in [6.45, 7) is 2.78. The standard InChI is InChI=1S/C18H22ClN3O3/c1-21(2)11-3-10-20-13-14-4-7-16(8-5-14)25-18-9-6-15(19)12-17(18)22(23)24/h4-9,12,20H,3,10-11,13H2,1-2H3. The number of halogens is 1. The molecule has 0 aliphatic rings. The van der Waals surface area contributed by atoms with Crippen LogP contribution >= 0.6 is 11.6 Å². The van der Waals surface area contributed by atoms with E-state index in [9.17, 15) is 10.1 Å². The third kappa shape index (κ3) is 6.34. The van der Waals surface area contributed by atoms with Gasteiger partial charge in [-0.2, -0.15) is 0 Å². The zero-order valence-corrected chi connectivity index (χ0v) is 15.1. The number of nitro groups is 1. The van der Waals surface area contributed by atoms with Gasteiger partial charge >= 0.3 is 5.69 Å². The van der Waals surface area contributed by atoms with Crippen LogP contribution in [0.15, 0.2) is 42.5 Å². The van der Waals surface area contributed by atoms with Gasteiger partial charge in [0, 0.05) is 17.6 Å². The molecular formula is C18H22ClN3O3. The second kappa shape index (κ2) is 9.36. The normalized spacial score (nSPS) is 10.9. The molecule has 0 amide bonds. The molecule has 0 aromatic heterocycles. The summed E-state index contributed by atoms with van der Waals surface area (Å²) in [6, 6.07) is 11.8. The molecule has 1 N–H and O–H groups in total. The Morgan fingerprint density at radius 1 is 1.20 bits per heavy atom. The lowest BCUT2D eigenvalue weighted by atomic mass is 10.2. The summed E-state index contributed by atoms with van der Waals surface area (Å²) < 4.78 is 5.62. The maximum Gasteiger partial charge on any atom is 0.313 e. The first-order valence-corrected chi connectivity index (χ1v) is 8.39. The van der Waals surface area contributed by atoms with E-state index in [1.54, 1.807) is 18.2 Å². The van der Waals surface area contributed by atoms with E-state index in [1.807, 2.05) is 12.1 Å². The molecule has 0 unspecified atom stereocenters. The fraction of sp³-hybridized carbons (Fsp3) is 0.333. The van der Waals surface area contributed by atoms with Gasteiger partial charge in [0.25, 0.3) is 0 Å². The van der Waals surface area contributed by atoms with Gasteiger partial charge in [-0.3, -0.25) is 10.1 Å². The van der Waals surface area contributed by atoms with E-state index in [-0.39, 0.29) is 11.4 Å². The maximum atomic E-state index is 11.1. The molecule has 0 saturated carbocycles. The van der Waals surface area contributed by atoms with Crippen LogP contribution < -0.4 is 10.1 Å². The predicted octanol–water partition coefficient (Wildman–Crippen LogP) is 4.08. The van der Waals surface area contributed by atoms with Gasteiger partial charge in [-0.25, -0.2) is 0 Å². The molecule has 0 aliphatic heterocycles. The molecule has 0 saturated heterocycles. The van der Waals surface area contributed by atoms with Crippen LogP contribution in [0.3, 0.4) is 0 Å². The average molecular weight is 364 g/mol. The van der Waals surface area contributed by atoms with Crippen molar-refractivity contribution in [2.45, 2.75) is 13.0 Å². The van der Waals surface area contributed by atoms with Crippen LogP contribution in [0.5, 0.6) is 11.5 Å². The minimum absolute atomic E-state index is 0.154. The number of nitrogens with zero attached hydrogens (tertiary/aromatic N) is 2. The number of nitrogens with one attached hydrogen (secondary N) is 1. The molecule has 0 bridgehead atoms. The molecule has 0 fully saturated rings. The lowest BCUT2D eigenvalue weighted by molar-refractivity contribution is -0.385. The fourth-order valence-corrected chi connectivity index (χ4v) is 2.44. The summed E-state index contributed by atoms with van der Waals surface area (Å²) in [5, 5.41) is 14.8. The molecule has 0 spiro atoms. The molecule has 25 heavy (non-hydrogen) atoms. The summed E-state index contributed by atoms with van der Waals surface area (Å²) in [4.78, 5) is 12.7. The van der Waals surface area contributed by atoms with Crippen molar-refractivity contribution in [1.29, 1.82) is 0 Å². The summed E-state index contributed by atoms with van der Waals surface area (Å²) in [5.41, 5.74) is 0.974. The number of ether oxygens (including phenoxy) is 1. The van der Waals surface area contributed by atoms with E-state index in [2.05, 4.69) is 24.3 Å². The lowest BCUT2D eigenvalue weighted by Crippen LogP contribution is -2.20. The van der Waals surface area contributed by atoms with E-state index >= 15 is 0 Å². The van der Waals surface area contributed by atoms with E-state index < -0.39 is 4.92 Å². The lowest BCUT2D eigenvalue weighted by Gasteiger charge is -2.10. The Morgan fingerprint density at radius 3 is 2.56 bits per heavy atom. The average Bonchev–Trinajstić information content (AvgIpc) is 2.57. The van der Waals surface area contributed by atoms with Crippen LogP contribution in [0.2, 0.25) is 5.02 Å². The minimum Gasteiger partial charge on any atom is -0.450 e. The number of hydrogen-bond donors (Lipinski definition) is 1. The Bertz CT molecular complexity index is 705. The van der Waals surface area contributed by atoms with Crippen molar-refractivity contribution in [3.8, 4) is 11.5 Å². The van der Waals surface area contributed by atoms with E-state index in [4.69, 9.17) is 16.3 Å². The third-order valence-corrected chi connectivity index (χ3v) is 3.79. The molecule has 0 heterocycles. The number of rotatable bonds is 9. The van der Waals surface area contributed by atoms with Gasteiger partial charge in [0.1, 0.15) is 5.75 Å². The monoisotopic (exact) mass is 363 g/mol. The third-order valence-electron chi connectivity index (χ3n) is 3.56. The predicted molar refractivity (Wildman–Crippen MR) is 99.5 cm³/mol. The van der Waals surface area contributed by atoms with Gasteiger partial charge in [0.2, 0.25) is 5.75 Å². The van der Waals surface area contributed by atoms with Crippen molar-refractivity contribution in [3.63, 3.8) is 0 Å². The smallest absolute Gasteiger partial charge is 0.313 e. The summed E-state index contributed by atoms with van der Waals surface area (Å²) in [7, 11) is 4.12. The summed E-state index contributed by atoms with van der Waals surface area (Å²) in [5.74, 6) is 0.714. The Balaban J connectivity index is 1.91. The molecule has 6 nitrogen and oxygen atoms in total. The molecule has 0 radical (unpaired) electrons. The zero-order chi connectivity index (χ0) is 18.2. The molecule has 134 valence electrons. The Hall–Kier alpha value is -2.15. The van der Waals surface area contributed by atoms with Gasteiger partial charge in [-0.05, 0) is 63.4 Å². The van der Waals surface area contributed by atoms with Crippen LogP contribution in [-0.4, -0.2) is 37.0 Å². The van der Waals surface area contributed by atoms with Crippen LogP contribution in [0.1, 0.15) is 12.0 Å². The molecule has 2 aromatic carbocycles. The van der Waals surface area contributed by atoms with E-state index in [0.717, 1.165) is 31.6 Å². The first-order chi connectivity index (χ1) is 12.0. The van der Waals surface area contributed by atoms with Crippen molar-refractivity contribution in [1.82, 2.24) is 10.2 Å². The minimum atomic E-state index is -0.507. The SMILES string of the molecule is CN(C)CCCNCc1ccc(Oc2ccc(Cl)cc2[N+](=O)[O-])cc1. The quantitative estimate of drug-likeness (QED) is 0.413. The Morgan fingerprint density at radius 2 is 1.92 bits per heavy atom. The molecule has 0 atom stereocenters. The zero-order valence-electron chi connectivity index (χ0n) is 14.4. The van der Waals surface area contributed by atoms with Gasteiger partial charge in [0.05, 0.1) is 4.92 Å². The highest BCUT2D eigenvalue weighted by atomic mass is 35.5. The van der Waals surface area contributed by atoms with Gasteiger partial charge < -0.3 is 15.0 Å². The van der Waals surface area contributed by atoms with Crippen molar-refractivity contribution < 1.29 is 9.66 Å². The summed E-state index contributed by atoms with van der Waals surface area (Å²) in [6.07, 6.45) is 1.09. The van der Waals surface area contributed by atoms with Gasteiger partial charge in [-0.1, -0.05) is 23.7 Å². The van der Waals surface area contributed by atoms with E-state index in [1.165, 1.54) is 12.1 Å². The second-order valence-corrected chi connectivity index (χ2v) is 6.39. The number of benzene rings is 2. The molecule has 7 heteroatoms. The topological polar surface area (TPSA) is 67.6 Å². The van der Waals surface area contributed by atoms with Crippen molar-refractivity contribution >= 4 is 17.3 Å². The maximum absolute atomic E-state index is 11.1. The van der Waals surface area contributed by atoms with Crippen molar-refractivity contribution in [2.75, 3.05) is 27.2 Å². The van der Waals surface area contributed by atoms with Crippen LogP contribution in [-0.2, 0) is 6.54 Å². The summed E-state index contributed by atoms with van der Waals surface area (Å²) >= 11 is 5.80. The first-order valence-electron chi connectivity index (χ1n) is 8.02. The van der Waals surface area contributed by atoms with Crippen molar-refractivity contribution in [3.05, 3.63) is 63.2 Å². The Labute approximate surface area is 152 Å². The molecule has 2 rings (SSSR count). The second-order valence-electron chi connectivity index (χ2n) is 5.95. The van der Waals surface area contributed by atoms with Gasteiger partial charge in [-0.15, -0.1) is 0 Å². The highest BCUT2D eigenvalue weighted by Crippen LogP contribution is 2.33. The number of hydrogen-bond acceptors (Lipinski definition) is 5. The van der Waals surface area contributed by atoms with Crippen LogP contribution in [0, 0.1) is 10.1 Å². The highest BCUT2D eigenvalue weighted by molar-refractivity contribution is 6.30. The fourth-order valence-electron chi connectivity index (χ4n) is 2.27. The molecule has 0 aliphatic carbocycles. The van der Waals surface area contributed by atoms with E-state index in [0.29, 0.717) is 10.8 Å². The molecule has 2 aromatic rings. The largest absolute Gasteiger partial charge is 0.450 e. The molecular weight excluding hydrogens is 342 g/mol. The highest BCUT2D eigenvalue weighted by Gasteiger charge is 2.16. The van der Waals surface area contributed by atoms with Crippen molar-refractivity contribution in [2.24, 2.45) is 0 Å². The van der Waals surface area contributed by atoms with Crippen LogP contribution in [0.4, 0.5) is 5.69 Å². The van der Waals surface area contributed by atoms with Gasteiger partial charge in [0.15, 0.2) is 0 Å². The number of nitro benzene ring substituents is 1. The van der Waals surface area contributed by atoms with Crippen LogP contribution in [0.25, 0.3) is 0 Å². The first kappa shape index (κ1) is 19.2.